The molecule has 0 saturated heterocycles. The van der Waals surface area contributed by atoms with E-state index in [2.05, 4.69) is 15.8 Å². The van der Waals surface area contributed by atoms with Crippen molar-refractivity contribution in [3.8, 4) is 0 Å². The molecular weight excluding hydrogens is 634 g/mol. The molecule has 2 aliphatic rings. The Hall–Kier alpha value is -3.97. The number of rotatable bonds is 14. The van der Waals surface area contributed by atoms with Gasteiger partial charge in [-0.15, -0.1) is 4.91 Å². The average Bonchev–Trinajstić information content (AvgIpc) is 3.50. The van der Waals surface area contributed by atoms with Gasteiger partial charge in [-0.05, 0) is 85.2 Å². The molecule has 0 saturated carbocycles. The molecule has 256 valence electrons. The van der Waals surface area contributed by atoms with E-state index in [0.29, 0.717) is 60.8 Å². The highest BCUT2D eigenvalue weighted by Crippen LogP contribution is 2.65. The molecule has 12 heteroatoms. The number of fused-ring (bicyclic) bond motifs is 2. The van der Waals surface area contributed by atoms with E-state index >= 15 is 7.77 Å². The first-order valence-electron chi connectivity index (χ1n) is 16.3. The Morgan fingerprint density at radius 2 is 1.69 bits per heavy atom. The highest BCUT2D eigenvalue weighted by atomic mass is 32.3. The van der Waals surface area contributed by atoms with Crippen molar-refractivity contribution in [2.75, 3.05) is 19.8 Å². The SMILES string of the molecule is CCC1=C(C)C2=C(c3ccc(COCNC(Cc4ccc(N=O)cc4)C(=O)NCCN)cc3)c3c(C)c(CC)c(C)n3S(F)(F)[N+]2=C1C. The van der Waals surface area contributed by atoms with E-state index in [9.17, 15) is 9.70 Å². The molecular formula is C36H45F2N6O3S+. The standard InChI is InChI=1S/C36H44F2N6O3S/c1-7-30-22(3)34-33(35-23(4)31(8-2)25(6)44(35)48(37,38)43(34)24(30)5)28-13-9-27(10-14-28)20-47-21-41-32(36(45)40-18-17-39)19-26-11-15-29(42-46)16-12-26/h9-16,32,41H,7-8,17-21,39H2,1-6H3/p+1. The zero-order valence-electron chi connectivity index (χ0n) is 28.5. The van der Waals surface area contributed by atoms with Crippen molar-refractivity contribution in [3.05, 3.63) is 109 Å². The second kappa shape index (κ2) is 14.7. The van der Waals surface area contributed by atoms with E-state index < -0.39 is 17.2 Å². The topological polar surface area (TPSA) is 114 Å². The van der Waals surface area contributed by atoms with E-state index in [1.807, 2.05) is 65.8 Å². The Labute approximate surface area is 283 Å². The normalized spacial score (nSPS) is 16.6. The number of amides is 1. The van der Waals surface area contributed by atoms with E-state index in [0.717, 1.165) is 44.5 Å². The fraction of sp³-hybridized carbons (Fsp3) is 0.389. The summed E-state index contributed by atoms with van der Waals surface area (Å²) in [7, 11) is 0. The maximum atomic E-state index is 16.5. The van der Waals surface area contributed by atoms with Crippen molar-refractivity contribution in [2.24, 2.45) is 10.9 Å². The van der Waals surface area contributed by atoms with E-state index in [1.165, 1.54) is 7.95 Å². The molecule has 0 bridgehead atoms. The zero-order chi connectivity index (χ0) is 34.7. The van der Waals surface area contributed by atoms with Gasteiger partial charge < -0.3 is 15.8 Å². The minimum atomic E-state index is -4.36. The first-order chi connectivity index (χ1) is 23.0. The number of halogens is 2. The number of ether oxygens (including phenoxy) is 1. The number of carbonyl (C=O) groups excluding carboxylic acids is 1. The van der Waals surface area contributed by atoms with Crippen molar-refractivity contribution in [2.45, 2.75) is 73.5 Å². The maximum absolute atomic E-state index is 16.5. The summed E-state index contributed by atoms with van der Waals surface area (Å²) < 4.78 is 41.6. The molecule has 4 N–H and O–H groups in total. The predicted octanol–water partition coefficient (Wildman–Crippen LogP) is 7.05. The minimum Gasteiger partial charge on any atom is -0.362 e. The number of aromatic nitrogens is 1. The Morgan fingerprint density at radius 3 is 2.29 bits per heavy atom. The van der Waals surface area contributed by atoms with Crippen LogP contribution in [-0.2, 0) is 29.0 Å². The van der Waals surface area contributed by atoms with Gasteiger partial charge in [-0.3, -0.25) is 10.1 Å². The number of nitrogens with one attached hydrogen (secondary N) is 2. The predicted molar refractivity (Wildman–Crippen MR) is 189 cm³/mol. The maximum Gasteiger partial charge on any atom is 0.387 e. The number of nitrogens with two attached hydrogens (primary N) is 1. The van der Waals surface area contributed by atoms with Crippen LogP contribution in [0.25, 0.3) is 5.57 Å². The molecule has 1 atom stereocenters. The van der Waals surface area contributed by atoms with Crippen molar-refractivity contribution in [3.63, 3.8) is 0 Å². The van der Waals surface area contributed by atoms with Gasteiger partial charge >= 0.3 is 11.2 Å². The third-order valence-electron chi connectivity index (χ3n) is 9.31. The summed E-state index contributed by atoms with van der Waals surface area (Å²) in [5.74, 6) is -0.203. The zero-order valence-corrected chi connectivity index (χ0v) is 29.3. The summed E-state index contributed by atoms with van der Waals surface area (Å²) in [4.78, 5) is 23.6. The van der Waals surface area contributed by atoms with Crippen molar-refractivity contribution >= 4 is 34.1 Å². The smallest absolute Gasteiger partial charge is 0.362 e. The van der Waals surface area contributed by atoms with Crippen LogP contribution >= 0.6 is 11.2 Å². The van der Waals surface area contributed by atoms with Crippen LogP contribution in [0.2, 0.25) is 0 Å². The lowest BCUT2D eigenvalue weighted by Gasteiger charge is -2.29. The van der Waals surface area contributed by atoms with Crippen LogP contribution in [0.4, 0.5) is 13.5 Å². The van der Waals surface area contributed by atoms with Crippen LogP contribution < -0.4 is 16.4 Å². The molecule has 48 heavy (non-hydrogen) atoms. The molecule has 1 aromatic heterocycles. The third-order valence-corrected chi connectivity index (χ3v) is 11.1. The fourth-order valence-electron chi connectivity index (χ4n) is 6.95. The molecule has 3 heterocycles. The molecule has 0 spiro atoms. The van der Waals surface area contributed by atoms with Crippen LogP contribution in [0.1, 0.15) is 73.3 Å². The number of allylic oxidation sites excluding steroid dienone is 2. The van der Waals surface area contributed by atoms with Gasteiger partial charge in [-0.25, -0.2) is 3.97 Å². The molecule has 0 aliphatic carbocycles. The molecule has 0 radical (unpaired) electrons. The first kappa shape index (κ1) is 35.3. The minimum absolute atomic E-state index is 0.114. The van der Waals surface area contributed by atoms with E-state index in [4.69, 9.17) is 10.5 Å². The van der Waals surface area contributed by atoms with Crippen LogP contribution in [0, 0.1) is 18.8 Å². The fourth-order valence-corrected chi connectivity index (χ4v) is 8.89. The summed E-state index contributed by atoms with van der Waals surface area (Å²) in [6.45, 7) is 12.7. The lowest BCUT2D eigenvalue weighted by atomic mass is 9.92. The second-order valence-corrected chi connectivity index (χ2v) is 13.7. The summed E-state index contributed by atoms with van der Waals surface area (Å²) in [6.07, 6.45) is 1.74. The monoisotopic (exact) mass is 679 g/mol. The van der Waals surface area contributed by atoms with Gasteiger partial charge in [-0.2, -0.15) is 0 Å². The summed E-state index contributed by atoms with van der Waals surface area (Å²) in [5, 5.41) is 8.91. The van der Waals surface area contributed by atoms with Gasteiger partial charge in [-0.1, -0.05) is 62.0 Å². The Balaban J connectivity index is 1.37. The summed E-state index contributed by atoms with van der Waals surface area (Å²) >= 11 is -4.36. The first-order valence-corrected chi connectivity index (χ1v) is 17.7. The number of hydrogen-bond donors (Lipinski definition) is 3. The lowest BCUT2D eigenvalue weighted by molar-refractivity contribution is -0.304. The molecule has 1 unspecified atom stereocenters. The van der Waals surface area contributed by atoms with Crippen molar-refractivity contribution in [1.29, 1.82) is 0 Å². The van der Waals surface area contributed by atoms with Crippen molar-refractivity contribution in [1.82, 2.24) is 14.6 Å². The molecule has 1 amide bonds. The van der Waals surface area contributed by atoms with Gasteiger partial charge in [0.25, 0.3) is 0 Å². The molecule has 2 aromatic carbocycles. The quantitative estimate of drug-likeness (QED) is 0.0732. The van der Waals surface area contributed by atoms with Gasteiger partial charge in [0.1, 0.15) is 5.69 Å². The largest absolute Gasteiger partial charge is 0.387 e. The number of nitroso groups, excluding NO2 is 1. The Bertz CT molecular complexity index is 1810. The number of nitrogens with zero attached hydrogens (tertiary/aromatic N) is 3. The molecule has 3 aromatic rings. The second-order valence-electron chi connectivity index (χ2n) is 12.1. The van der Waals surface area contributed by atoms with Crippen LogP contribution in [0.5, 0.6) is 0 Å². The summed E-state index contributed by atoms with van der Waals surface area (Å²) in [5.41, 5.74) is 15.5. The Morgan fingerprint density at radius 1 is 1.02 bits per heavy atom. The highest BCUT2D eigenvalue weighted by molar-refractivity contribution is 8.18. The van der Waals surface area contributed by atoms with Gasteiger partial charge in [0, 0.05) is 36.9 Å². The van der Waals surface area contributed by atoms with E-state index in [1.54, 1.807) is 24.3 Å². The van der Waals surface area contributed by atoms with Crippen LogP contribution in [0.3, 0.4) is 0 Å². The van der Waals surface area contributed by atoms with Gasteiger partial charge in [0.2, 0.25) is 17.3 Å². The Kier molecular flexibility index (Phi) is 10.8. The number of hydrogen-bond acceptors (Lipinski definition) is 6. The third kappa shape index (κ3) is 6.41. The van der Waals surface area contributed by atoms with Gasteiger partial charge in [0.15, 0.2) is 0 Å². The number of carbonyl (C=O) groups is 1. The van der Waals surface area contributed by atoms with Crippen LogP contribution in [0.15, 0.2) is 70.6 Å². The highest BCUT2D eigenvalue weighted by Gasteiger charge is 2.55. The van der Waals surface area contributed by atoms with Crippen LogP contribution in [-0.4, -0.2) is 45.4 Å². The summed E-state index contributed by atoms with van der Waals surface area (Å²) in [6, 6.07) is 14.1. The molecule has 5 rings (SSSR count). The van der Waals surface area contributed by atoms with E-state index in [-0.39, 0.29) is 19.2 Å². The average molecular weight is 680 g/mol. The van der Waals surface area contributed by atoms with Crippen molar-refractivity contribution < 1.29 is 21.3 Å². The van der Waals surface area contributed by atoms with Gasteiger partial charge in [0.05, 0.1) is 30.6 Å². The molecule has 2 aliphatic heterocycles. The lowest BCUT2D eigenvalue weighted by Crippen LogP contribution is -2.47. The number of benzene rings is 2. The molecule has 9 nitrogen and oxygen atoms in total. The molecule has 0 fully saturated rings.